The molecule has 1 fully saturated rings. The van der Waals surface area contributed by atoms with E-state index in [0.29, 0.717) is 10.1 Å². The molecule has 0 N–H and O–H groups in total. The lowest BCUT2D eigenvalue weighted by Gasteiger charge is -2.31. The van der Waals surface area contributed by atoms with E-state index in [2.05, 4.69) is 5.10 Å². The van der Waals surface area contributed by atoms with Crippen LogP contribution in [0.5, 0.6) is 0 Å². The van der Waals surface area contributed by atoms with Crippen molar-refractivity contribution in [2.75, 3.05) is 13.1 Å². The number of piperidine rings is 1. The highest BCUT2D eigenvalue weighted by Gasteiger charge is 2.40. The van der Waals surface area contributed by atoms with Crippen molar-refractivity contribution in [3.8, 4) is 0 Å². The van der Waals surface area contributed by atoms with E-state index in [1.54, 1.807) is 0 Å². The third kappa shape index (κ3) is 3.84. The third-order valence-electron chi connectivity index (χ3n) is 5.03. The molecule has 164 valence electrons. The summed E-state index contributed by atoms with van der Waals surface area (Å²) in [6.45, 7) is 1.37. The minimum Gasteiger partial charge on any atom is -0.274 e. The molecule has 30 heavy (non-hydrogen) atoms. The van der Waals surface area contributed by atoms with E-state index in [0.717, 1.165) is 22.1 Å². The average Bonchev–Trinajstić information content (AvgIpc) is 2.97. The first-order valence-electron chi connectivity index (χ1n) is 8.82. The summed E-state index contributed by atoms with van der Waals surface area (Å²) in [5, 5.41) is 14.4. The highest BCUT2D eigenvalue weighted by molar-refractivity contribution is 7.89. The topological polar surface area (TPSA) is 120 Å². The fourth-order valence-electron chi connectivity index (χ4n) is 3.39. The number of benzene rings is 1. The number of aromatic nitrogens is 3. The number of nitro benzene ring substituents is 1. The van der Waals surface area contributed by atoms with E-state index in [-0.39, 0.29) is 36.5 Å². The average molecular weight is 449 g/mol. The van der Waals surface area contributed by atoms with Crippen molar-refractivity contribution in [1.29, 1.82) is 0 Å². The Morgan fingerprint density at radius 2 is 1.83 bits per heavy atom. The van der Waals surface area contributed by atoms with Crippen LogP contribution in [0.25, 0.3) is 0 Å². The lowest BCUT2D eigenvalue weighted by molar-refractivity contribution is -0.385. The molecule has 1 saturated heterocycles. The maximum absolute atomic E-state index is 13.0. The van der Waals surface area contributed by atoms with Gasteiger partial charge in [-0.1, -0.05) is 6.07 Å². The van der Waals surface area contributed by atoms with Gasteiger partial charge in [0.05, 0.1) is 15.9 Å². The number of hydrogen-bond donors (Lipinski definition) is 0. The molecule has 2 heterocycles. The van der Waals surface area contributed by atoms with Gasteiger partial charge < -0.3 is 0 Å². The van der Waals surface area contributed by atoms with Crippen molar-refractivity contribution in [1.82, 2.24) is 18.7 Å². The lowest BCUT2D eigenvalue weighted by Crippen LogP contribution is -2.41. The number of nitro groups is 1. The molecule has 10 nitrogen and oxygen atoms in total. The SMILES string of the molecule is Cc1ccc([N+](=O)[O-])cc1S(=O)(=O)N1CCC(n2nc(C(F)(F)F)n(C)c2=O)CC1. The standard InChI is InChI=1S/C16H18F3N5O5S/c1-10-3-4-12(24(26)27)9-13(10)30(28,29)22-7-5-11(6-8-22)23-15(25)21(2)14(20-23)16(17,18)19/h3-4,9,11H,5-8H2,1-2H3. The molecule has 0 spiro atoms. The molecule has 2 aromatic rings. The number of nitrogens with zero attached hydrogens (tertiary/aromatic N) is 5. The molecule has 0 radical (unpaired) electrons. The van der Waals surface area contributed by atoms with Crippen LogP contribution in [0.1, 0.15) is 30.3 Å². The first-order chi connectivity index (χ1) is 13.8. The maximum Gasteiger partial charge on any atom is 0.451 e. The van der Waals surface area contributed by atoms with Gasteiger partial charge in [0.25, 0.3) is 5.69 Å². The van der Waals surface area contributed by atoms with Gasteiger partial charge in [-0.2, -0.15) is 17.5 Å². The van der Waals surface area contributed by atoms with Gasteiger partial charge in [-0.25, -0.2) is 17.9 Å². The molecule has 1 aliphatic heterocycles. The van der Waals surface area contributed by atoms with Crippen LogP contribution in [-0.4, -0.2) is 45.1 Å². The van der Waals surface area contributed by atoms with Gasteiger partial charge in [0.15, 0.2) is 0 Å². The van der Waals surface area contributed by atoms with Crippen LogP contribution in [0.15, 0.2) is 27.9 Å². The van der Waals surface area contributed by atoms with Gasteiger partial charge in [0.2, 0.25) is 15.8 Å². The van der Waals surface area contributed by atoms with Crippen LogP contribution in [0.3, 0.4) is 0 Å². The Labute approximate surface area is 168 Å². The zero-order chi connectivity index (χ0) is 22.4. The zero-order valence-electron chi connectivity index (χ0n) is 16.0. The first kappa shape index (κ1) is 22.0. The highest BCUT2D eigenvalue weighted by atomic mass is 32.2. The Hall–Kier alpha value is -2.74. The van der Waals surface area contributed by atoms with Crippen molar-refractivity contribution >= 4 is 15.7 Å². The van der Waals surface area contributed by atoms with Crippen molar-refractivity contribution < 1.29 is 26.5 Å². The first-order valence-corrected chi connectivity index (χ1v) is 10.3. The zero-order valence-corrected chi connectivity index (χ0v) is 16.8. The molecule has 1 aromatic heterocycles. The van der Waals surface area contributed by atoms with E-state index in [1.807, 2.05) is 0 Å². The monoisotopic (exact) mass is 449 g/mol. The van der Waals surface area contributed by atoms with Crippen LogP contribution in [-0.2, 0) is 23.2 Å². The van der Waals surface area contributed by atoms with Crippen molar-refractivity contribution in [2.45, 2.75) is 36.9 Å². The van der Waals surface area contributed by atoms with Gasteiger partial charge in [-0.3, -0.25) is 14.7 Å². The summed E-state index contributed by atoms with van der Waals surface area (Å²) >= 11 is 0. The van der Waals surface area contributed by atoms with Crippen LogP contribution in [0.4, 0.5) is 18.9 Å². The Morgan fingerprint density at radius 1 is 1.23 bits per heavy atom. The molecule has 0 unspecified atom stereocenters. The quantitative estimate of drug-likeness (QED) is 0.519. The molecule has 14 heteroatoms. The van der Waals surface area contributed by atoms with E-state index >= 15 is 0 Å². The lowest BCUT2D eigenvalue weighted by atomic mass is 10.1. The number of sulfonamides is 1. The predicted octanol–water partition coefficient (Wildman–Crippen LogP) is 1.84. The summed E-state index contributed by atoms with van der Waals surface area (Å²) in [5.74, 6) is -1.32. The fourth-order valence-corrected chi connectivity index (χ4v) is 5.10. The third-order valence-corrected chi connectivity index (χ3v) is 7.07. The predicted molar refractivity (Wildman–Crippen MR) is 97.3 cm³/mol. The Morgan fingerprint density at radius 3 is 2.33 bits per heavy atom. The molecule has 0 atom stereocenters. The summed E-state index contributed by atoms with van der Waals surface area (Å²) in [5.41, 5.74) is -0.967. The Kier molecular flexibility index (Phi) is 5.49. The smallest absolute Gasteiger partial charge is 0.274 e. The summed E-state index contributed by atoms with van der Waals surface area (Å²) in [7, 11) is -3.08. The summed E-state index contributed by atoms with van der Waals surface area (Å²) in [6.07, 6.45) is -4.65. The summed E-state index contributed by atoms with van der Waals surface area (Å²) < 4.78 is 67.1. The molecule has 0 bridgehead atoms. The fraction of sp³-hybridized carbons (Fsp3) is 0.500. The summed E-state index contributed by atoms with van der Waals surface area (Å²) in [4.78, 5) is 22.2. The van der Waals surface area contributed by atoms with E-state index in [4.69, 9.17) is 0 Å². The molecular formula is C16H18F3N5O5S. The van der Waals surface area contributed by atoms with E-state index in [1.165, 1.54) is 19.1 Å². The molecule has 0 saturated carbocycles. The second-order valence-corrected chi connectivity index (χ2v) is 8.86. The minimum absolute atomic E-state index is 0.0699. The Bertz CT molecular complexity index is 1150. The second kappa shape index (κ2) is 7.50. The highest BCUT2D eigenvalue weighted by Crippen LogP contribution is 2.31. The van der Waals surface area contributed by atoms with Gasteiger partial charge in [-0.05, 0) is 25.3 Å². The van der Waals surface area contributed by atoms with E-state index < -0.39 is 38.7 Å². The second-order valence-electron chi connectivity index (χ2n) is 6.95. The van der Waals surface area contributed by atoms with Gasteiger partial charge in [0, 0.05) is 32.3 Å². The number of hydrogen-bond acceptors (Lipinski definition) is 6. The van der Waals surface area contributed by atoms with E-state index in [9.17, 15) is 36.5 Å². The minimum atomic E-state index is -4.79. The van der Waals surface area contributed by atoms with Crippen LogP contribution in [0, 0.1) is 17.0 Å². The van der Waals surface area contributed by atoms with Gasteiger partial charge >= 0.3 is 11.9 Å². The number of halogens is 3. The molecule has 3 rings (SSSR count). The number of rotatable bonds is 4. The van der Waals surface area contributed by atoms with Crippen LogP contribution in [0.2, 0.25) is 0 Å². The Balaban J connectivity index is 1.83. The molecular weight excluding hydrogens is 431 g/mol. The van der Waals surface area contributed by atoms with Crippen LogP contribution < -0.4 is 5.69 Å². The number of alkyl halides is 3. The van der Waals surface area contributed by atoms with Crippen LogP contribution >= 0.6 is 0 Å². The van der Waals surface area contributed by atoms with Gasteiger partial charge in [0.1, 0.15) is 0 Å². The molecule has 1 aromatic carbocycles. The number of non-ortho nitro benzene ring substituents is 1. The molecule has 1 aliphatic rings. The summed E-state index contributed by atoms with van der Waals surface area (Å²) in [6, 6.07) is 2.82. The molecule has 0 amide bonds. The largest absolute Gasteiger partial charge is 0.451 e. The van der Waals surface area contributed by atoms with Crippen molar-refractivity contribution in [3.05, 3.63) is 50.2 Å². The normalized spacial score (nSPS) is 16.7. The van der Waals surface area contributed by atoms with Gasteiger partial charge in [-0.15, -0.1) is 5.10 Å². The maximum atomic E-state index is 13.0. The van der Waals surface area contributed by atoms with Crippen molar-refractivity contribution in [3.63, 3.8) is 0 Å². The number of aryl methyl sites for hydroxylation is 1. The molecule has 0 aliphatic carbocycles. The van der Waals surface area contributed by atoms with Crippen molar-refractivity contribution in [2.24, 2.45) is 7.05 Å².